The molecule has 4 heteroatoms. The van der Waals surface area contributed by atoms with Gasteiger partial charge in [-0.15, -0.1) is 0 Å². The summed E-state index contributed by atoms with van der Waals surface area (Å²) in [6.45, 7) is 5.51. The van der Waals surface area contributed by atoms with Crippen molar-refractivity contribution in [2.45, 2.75) is 51.9 Å². The van der Waals surface area contributed by atoms with Crippen LogP contribution in [0.2, 0.25) is 0 Å². The van der Waals surface area contributed by atoms with Crippen LogP contribution in [0.1, 0.15) is 51.9 Å². The van der Waals surface area contributed by atoms with E-state index in [-0.39, 0.29) is 11.3 Å². The zero-order valence-corrected chi connectivity index (χ0v) is 12.8. The van der Waals surface area contributed by atoms with E-state index < -0.39 is 0 Å². The highest BCUT2D eigenvalue weighted by Crippen LogP contribution is 2.31. The number of ether oxygens (including phenoxy) is 1. The van der Waals surface area contributed by atoms with Gasteiger partial charge in [-0.3, -0.25) is 4.79 Å². The Kier molecular flexibility index (Phi) is 5.85. The van der Waals surface area contributed by atoms with Gasteiger partial charge in [0.2, 0.25) is 5.91 Å². The molecule has 1 amide bonds. The van der Waals surface area contributed by atoms with Crippen molar-refractivity contribution in [2.24, 2.45) is 23.0 Å². The van der Waals surface area contributed by atoms with Gasteiger partial charge in [-0.2, -0.15) is 0 Å². The maximum absolute atomic E-state index is 12.1. The van der Waals surface area contributed by atoms with Crippen LogP contribution in [-0.2, 0) is 9.53 Å². The maximum Gasteiger partial charge on any atom is 0.220 e. The highest BCUT2D eigenvalue weighted by molar-refractivity contribution is 5.76. The first-order valence-electron chi connectivity index (χ1n) is 8.16. The average molecular weight is 282 g/mol. The van der Waals surface area contributed by atoms with Crippen LogP contribution >= 0.6 is 0 Å². The van der Waals surface area contributed by atoms with Crippen molar-refractivity contribution < 1.29 is 9.53 Å². The summed E-state index contributed by atoms with van der Waals surface area (Å²) in [4.78, 5) is 12.1. The third-order valence-corrected chi connectivity index (χ3v) is 5.19. The normalized spacial score (nSPS) is 29.9. The first-order valence-corrected chi connectivity index (χ1v) is 8.16. The first-order chi connectivity index (χ1) is 9.61. The molecule has 2 fully saturated rings. The second-order valence-electron chi connectivity index (χ2n) is 7.03. The summed E-state index contributed by atoms with van der Waals surface area (Å²) >= 11 is 0. The fraction of sp³-hybridized carbons (Fsp3) is 0.938. The zero-order chi connectivity index (χ0) is 14.4. The summed E-state index contributed by atoms with van der Waals surface area (Å²) in [6, 6.07) is 0. The zero-order valence-electron chi connectivity index (χ0n) is 12.8. The molecule has 2 rings (SSSR count). The number of nitrogens with one attached hydrogen (secondary N) is 1. The Bertz CT molecular complexity index is 306. The van der Waals surface area contributed by atoms with E-state index in [1.165, 1.54) is 25.7 Å². The second kappa shape index (κ2) is 7.41. The molecule has 4 nitrogen and oxygen atoms in total. The number of carbonyl (C=O) groups excluding carboxylic acids is 1. The summed E-state index contributed by atoms with van der Waals surface area (Å²) in [5.41, 5.74) is 5.93. The van der Waals surface area contributed by atoms with Gasteiger partial charge in [0.1, 0.15) is 0 Å². The molecule has 0 radical (unpaired) electrons. The lowest BCUT2D eigenvalue weighted by Crippen LogP contribution is -2.40. The Morgan fingerprint density at radius 1 is 1.20 bits per heavy atom. The summed E-state index contributed by atoms with van der Waals surface area (Å²) in [7, 11) is 0. The summed E-state index contributed by atoms with van der Waals surface area (Å²) in [6.07, 6.45) is 7.53. The minimum absolute atomic E-state index is 0.227. The quantitative estimate of drug-likeness (QED) is 0.811. The van der Waals surface area contributed by atoms with E-state index in [1.54, 1.807) is 0 Å². The lowest BCUT2D eigenvalue weighted by Gasteiger charge is -2.34. The second-order valence-corrected chi connectivity index (χ2v) is 7.03. The maximum atomic E-state index is 12.1. The van der Waals surface area contributed by atoms with Crippen molar-refractivity contribution in [3.63, 3.8) is 0 Å². The minimum atomic E-state index is 0.227. The molecule has 0 unspecified atom stereocenters. The van der Waals surface area contributed by atoms with Crippen LogP contribution in [0.4, 0.5) is 0 Å². The number of carbonyl (C=O) groups is 1. The third kappa shape index (κ3) is 4.74. The standard InChI is InChI=1S/C16H30N2O2/c1-16(6-8-20-9-7-16)12-18-15(19)10-13-2-4-14(11-17)5-3-13/h13-14H,2-12,17H2,1H3,(H,18,19). The molecule has 0 aromatic heterocycles. The molecule has 2 aliphatic rings. The lowest BCUT2D eigenvalue weighted by atomic mass is 9.80. The molecule has 1 aliphatic heterocycles. The summed E-state index contributed by atoms with van der Waals surface area (Å²) in [5.74, 6) is 1.49. The van der Waals surface area contributed by atoms with Gasteiger partial charge >= 0.3 is 0 Å². The average Bonchev–Trinajstić information content (AvgIpc) is 2.47. The molecule has 116 valence electrons. The molecule has 1 saturated heterocycles. The van der Waals surface area contributed by atoms with Crippen LogP contribution in [0.15, 0.2) is 0 Å². The van der Waals surface area contributed by atoms with Crippen molar-refractivity contribution in [3.05, 3.63) is 0 Å². The molecule has 3 N–H and O–H groups in total. The molecular weight excluding hydrogens is 252 g/mol. The van der Waals surface area contributed by atoms with Gasteiger partial charge in [0.05, 0.1) is 0 Å². The SMILES string of the molecule is CC1(CNC(=O)CC2CCC(CN)CC2)CCOCC1. The predicted octanol–water partition coefficient (Wildman–Crippen LogP) is 2.07. The van der Waals surface area contributed by atoms with Crippen molar-refractivity contribution in [3.8, 4) is 0 Å². The monoisotopic (exact) mass is 282 g/mol. The molecular formula is C16H30N2O2. The Balaban J connectivity index is 1.65. The van der Waals surface area contributed by atoms with Crippen molar-refractivity contribution in [2.75, 3.05) is 26.3 Å². The van der Waals surface area contributed by atoms with Gasteiger partial charge < -0.3 is 15.8 Å². The molecule has 0 atom stereocenters. The first kappa shape index (κ1) is 15.8. The van der Waals surface area contributed by atoms with E-state index in [1.807, 2.05) is 0 Å². The Labute approximate surface area is 122 Å². The van der Waals surface area contributed by atoms with Crippen LogP contribution in [-0.4, -0.2) is 32.2 Å². The van der Waals surface area contributed by atoms with Crippen LogP contribution in [0.3, 0.4) is 0 Å². The van der Waals surface area contributed by atoms with Gasteiger partial charge in [-0.1, -0.05) is 6.92 Å². The van der Waals surface area contributed by atoms with Crippen LogP contribution in [0.25, 0.3) is 0 Å². The Hall–Kier alpha value is -0.610. The summed E-state index contributed by atoms with van der Waals surface area (Å²) in [5, 5.41) is 3.15. The van der Waals surface area contributed by atoms with E-state index in [2.05, 4.69) is 12.2 Å². The molecule has 0 aromatic rings. The Morgan fingerprint density at radius 2 is 1.80 bits per heavy atom. The number of rotatable bonds is 5. The van der Waals surface area contributed by atoms with Crippen molar-refractivity contribution >= 4 is 5.91 Å². The Morgan fingerprint density at radius 3 is 2.40 bits per heavy atom. The van der Waals surface area contributed by atoms with Crippen molar-refractivity contribution in [1.29, 1.82) is 0 Å². The lowest BCUT2D eigenvalue weighted by molar-refractivity contribution is -0.123. The van der Waals surface area contributed by atoms with Crippen LogP contribution in [0.5, 0.6) is 0 Å². The van der Waals surface area contributed by atoms with Gasteiger partial charge in [-0.05, 0) is 62.3 Å². The molecule has 1 saturated carbocycles. The molecule has 20 heavy (non-hydrogen) atoms. The number of hydrogen-bond acceptors (Lipinski definition) is 3. The van der Waals surface area contributed by atoms with E-state index in [0.717, 1.165) is 39.1 Å². The molecule has 0 bridgehead atoms. The molecule has 1 aliphatic carbocycles. The van der Waals surface area contributed by atoms with Crippen LogP contribution in [0, 0.1) is 17.3 Å². The molecule has 0 aromatic carbocycles. The van der Waals surface area contributed by atoms with E-state index in [0.29, 0.717) is 18.3 Å². The predicted molar refractivity (Wildman–Crippen MR) is 80.3 cm³/mol. The van der Waals surface area contributed by atoms with E-state index >= 15 is 0 Å². The summed E-state index contributed by atoms with van der Waals surface area (Å²) < 4.78 is 5.39. The third-order valence-electron chi connectivity index (χ3n) is 5.19. The smallest absolute Gasteiger partial charge is 0.220 e. The minimum Gasteiger partial charge on any atom is -0.381 e. The van der Waals surface area contributed by atoms with E-state index in [4.69, 9.17) is 10.5 Å². The highest BCUT2D eigenvalue weighted by atomic mass is 16.5. The largest absolute Gasteiger partial charge is 0.381 e. The number of hydrogen-bond donors (Lipinski definition) is 2. The van der Waals surface area contributed by atoms with E-state index in [9.17, 15) is 4.79 Å². The van der Waals surface area contributed by atoms with Gasteiger partial charge in [0.15, 0.2) is 0 Å². The van der Waals surface area contributed by atoms with Gasteiger partial charge in [0, 0.05) is 26.2 Å². The number of nitrogens with two attached hydrogens (primary N) is 1. The van der Waals surface area contributed by atoms with Gasteiger partial charge in [0.25, 0.3) is 0 Å². The van der Waals surface area contributed by atoms with Crippen LogP contribution < -0.4 is 11.1 Å². The topological polar surface area (TPSA) is 64.4 Å². The highest BCUT2D eigenvalue weighted by Gasteiger charge is 2.28. The fourth-order valence-electron chi connectivity index (χ4n) is 3.36. The fourth-order valence-corrected chi connectivity index (χ4v) is 3.36. The molecule has 0 spiro atoms. The van der Waals surface area contributed by atoms with Gasteiger partial charge in [-0.25, -0.2) is 0 Å². The van der Waals surface area contributed by atoms with Crippen molar-refractivity contribution in [1.82, 2.24) is 5.32 Å². The number of amides is 1. The molecule has 1 heterocycles.